The third-order valence-electron chi connectivity index (χ3n) is 3.47. The molecule has 0 spiro atoms. The molecule has 2 N–H and O–H groups in total. The number of primary amides is 1. The number of benzene rings is 1. The van der Waals surface area contributed by atoms with E-state index in [1.807, 2.05) is 36.1 Å². The van der Waals surface area contributed by atoms with Crippen LogP contribution in [0.3, 0.4) is 0 Å². The monoisotopic (exact) mass is 326 g/mol. The number of nitrogens with two attached hydrogens (primary N) is 1. The van der Waals surface area contributed by atoms with Gasteiger partial charge in [-0.1, -0.05) is 29.8 Å². The molecule has 0 radical (unpaired) electrons. The van der Waals surface area contributed by atoms with Crippen LogP contribution in [0, 0.1) is 0 Å². The predicted molar refractivity (Wildman–Crippen MR) is 86.3 cm³/mol. The maximum absolute atomic E-state index is 12.4. The number of hydrogen-bond acceptors (Lipinski definition) is 3. The molecule has 1 saturated carbocycles. The summed E-state index contributed by atoms with van der Waals surface area (Å²) in [7, 11) is 0. The van der Waals surface area contributed by atoms with E-state index in [1.54, 1.807) is 0 Å². The first kappa shape index (κ1) is 16.2. The average Bonchev–Trinajstić information content (AvgIpc) is 3.23. The number of amides is 2. The minimum Gasteiger partial charge on any atom is -0.369 e. The Morgan fingerprint density at radius 3 is 2.62 bits per heavy atom. The Morgan fingerprint density at radius 1 is 1.38 bits per heavy atom. The lowest BCUT2D eigenvalue weighted by Gasteiger charge is -2.30. The molecule has 1 aromatic rings. The van der Waals surface area contributed by atoms with Crippen molar-refractivity contribution in [2.45, 2.75) is 31.8 Å². The zero-order valence-electron chi connectivity index (χ0n) is 11.9. The van der Waals surface area contributed by atoms with E-state index >= 15 is 0 Å². The topological polar surface area (TPSA) is 63.4 Å². The second-order valence-corrected chi connectivity index (χ2v) is 6.58. The summed E-state index contributed by atoms with van der Waals surface area (Å²) in [6.07, 6.45) is 2.06. The number of nitrogens with zero attached hydrogens (tertiary/aromatic N) is 1. The van der Waals surface area contributed by atoms with Crippen molar-refractivity contribution in [1.82, 2.24) is 4.90 Å². The molecule has 0 aliphatic heterocycles. The lowest BCUT2D eigenvalue weighted by Crippen LogP contribution is -2.37. The second-order valence-electron chi connectivity index (χ2n) is 5.19. The van der Waals surface area contributed by atoms with Crippen LogP contribution < -0.4 is 5.73 Å². The SMILES string of the molecule is C[C@@H](c1ccccc1Cl)N(C(=O)CSCC(N)=O)C1CC1. The van der Waals surface area contributed by atoms with Gasteiger partial charge < -0.3 is 10.6 Å². The maximum Gasteiger partial charge on any atom is 0.233 e. The molecule has 0 saturated heterocycles. The smallest absolute Gasteiger partial charge is 0.233 e. The third-order valence-corrected chi connectivity index (χ3v) is 4.75. The van der Waals surface area contributed by atoms with Crippen molar-refractivity contribution in [3.63, 3.8) is 0 Å². The first-order valence-corrected chi connectivity index (χ1v) is 8.45. The van der Waals surface area contributed by atoms with E-state index < -0.39 is 5.91 Å². The van der Waals surface area contributed by atoms with Gasteiger partial charge in [-0.2, -0.15) is 0 Å². The van der Waals surface area contributed by atoms with Gasteiger partial charge in [0.2, 0.25) is 11.8 Å². The van der Waals surface area contributed by atoms with Gasteiger partial charge in [0, 0.05) is 11.1 Å². The van der Waals surface area contributed by atoms with Gasteiger partial charge in [0.25, 0.3) is 0 Å². The molecule has 6 heteroatoms. The summed E-state index contributed by atoms with van der Waals surface area (Å²) < 4.78 is 0. The van der Waals surface area contributed by atoms with E-state index in [1.165, 1.54) is 11.8 Å². The van der Waals surface area contributed by atoms with Crippen molar-refractivity contribution < 1.29 is 9.59 Å². The van der Waals surface area contributed by atoms with Gasteiger partial charge in [0.1, 0.15) is 0 Å². The lowest BCUT2D eigenvalue weighted by molar-refractivity contribution is -0.131. The van der Waals surface area contributed by atoms with Gasteiger partial charge in [-0.3, -0.25) is 9.59 Å². The summed E-state index contributed by atoms with van der Waals surface area (Å²) in [5.74, 6) is 0.0833. The summed E-state index contributed by atoms with van der Waals surface area (Å²) in [5.41, 5.74) is 6.05. The number of rotatable bonds is 7. The van der Waals surface area contributed by atoms with Crippen molar-refractivity contribution in [1.29, 1.82) is 0 Å². The fraction of sp³-hybridized carbons (Fsp3) is 0.467. The fourth-order valence-electron chi connectivity index (χ4n) is 2.37. The molecule has 21 heavy (non-hydrogen) atoms. The Labute approximate surface area is 134 Å². The molecule has 114 valence electrons. The summed E-state index contributed by atoms with van der Waals surface area (Å²) in [4.78, 5) is 25.1. The molecule has 1 aliphatic carbocycles. The number of carbonyl (C=O) groups excluding carboxylic acids is 2. The van der Waals surface area contributed by atoms with E-state index in [0.29, 0.717) is 5.02 Å². The highest BCUT2D eigenvalue weighted by molar-refractivity contribution is 8.00. The lowest BCUT2D eigenvalue weighted by atomic mass is 10.1. The van der Waals surface area contributed by atoms with Gasteiger partial charge in [-0.05, 0) is 31.4 Å². The Bertz CT molecular complexity index is 534. The average molecular weight is 327 g/mol. The maximum atomic E-state index is 12.4. The highest BCUT2D eigenvalue weighted by atomic mass is 35.5. The van der Waals surface area contributed by atoms with Crippen LogP contribution in [0.25, 0.3) is 0 Å². The van der Waals surface area contributed by atoms with Crippen LogP contribution in [-0.4, -0.2) is 34.3 Å². The first-order chi connectivity index (χ1) is 10.0. The van der Waals surface area contributed by atoms with Crippen LogP contribution in [0.1, 0.15) is 31.4 Å². The number of carbonyl (C=O) groups is 2. The van der Waals surface area contributed by atoms with E-state index in [4.69, 9.17) is 17.3 Å². The van der Waals surface area contributed by atoms with Crippen LogP contribution in [0.2, 0.25) is 5.02 Å². The van der Waals surface area contributed by atoms with Crippen LogP contribution in [0.5, 0.6) is 0 Å². The Balaban J connectivity index is 2.06. The fourth-order valence-corrected chi connectivity index (χ4v) is 3.29. The Kier molecular flexibility index (Phi) is 5.53. The largest absolute Gasteiger partial charge is 0.369 e. The summed E-state index contributed by atoms with van der Waals surface area (Å²) in [5, 5.41) is 0.674. The molecule has 0 aromatic heterocycles. The van der Waals surface area contributed by atoms with Gasteiger partial charge in [-0.25, -0.2) is 0 Å². The van der Waals surface area contributed by atoms with E-state index in [-0.39, 0.29) is 29.5 Å². The molecular weight excluding hydrogens is 308 g/mol. The zero-order chi connectivity index (χ0) is 15.4. The quantitative estimate of drug-likeness (QED) is 0.837. The molecule has 0 unspecified atom stereocenters. The van der Waals surface area contributed by atoms with Crippen molar-refractivity contribution in [3.8, 4) is 0 Å². The highest BCUT2D eigenvalue weighted by Gasteiger charge is 2.36. The zero-order valence-corrected chi connectivity index (χ0v) is 13.5. The van der Waals surface area contributed by atoms with Gasteiger partial charge in [-0.15, -0.1) is 11.8 Å². The normalized spacial score (nSPS) is 15.5. The van der Waals surface area contributed by atoms with Gasteiger partial charge >= 0.3 is 0 Å². The third kappa shape index (κ3) is 4.38. The standard InChI is InChI=1S/C15H19ClN2O2S/c1-10(12-4-2-3-5-13(12)16)18(11-6-7-11)15(20)9-21-8-14(17)19/h2-5,10-11H,6-9H2,1H3,(H2,17,19)/t10-/m0/s1. The van der Waals surface area contributed by atoms with Crippen molar-refractivity contribution in [2.24, 2.45) is 5.73 Å². The molecule has 1 atom stereocenters. The second kappa shape index (κ2) is 7.18. The summed E-state index contributed by atoms with van der Waals surface area (Å²) in [6, 6.07) is 7.82. The molecule has 1 aliphatic rings. The van der Waals surface area contributed by atoms with Crippen molar-refractivity contribution >= 4 is 35.2 Å². The van der Waals surface area contributed by atoms with Crippen molar-refractivity contribution in [2.75, 3.05) is 11.5 Å². The van der Waals surface area contributed by atoms with Gasteiger partial charge in [0.15, 0.2) is 0 Å². The van der Waals surface area contributed by atoms with E-state index in [0.717, 1.165) is 18.4 Å². The first-order valence-electron chi connectivity index (χ1n) is 6.92. The number of thioether (sulfide) groups is 1. The molecular formula is C15H19ClN2O2S. The highest BCUT2D eigenvalue weighted by Crippen LogP contribution is 2.36. The number of hydrogen-bond donors (Lipinski definition) is 1. The molecule has 1 aromatic carbocycles. The Hall–Kier alpha value is -1.20. The molecule has 2 amide bonds. The molecule has 0 bridgehead atoms. The minimum absolute atomic E-state index is 0.0381. The molecule has 4 nitrogen and oxygen atoms in total. The van der Waals surface area contributed by atoms with Crippen molar-refractivity contribution in [3.05, 3.63) is 34.9 Å². The van der Waals surface area contributed by atoms with Gasteiger partial charge in [0.05, 0.1) is 17.5 Å². The van der Waals surface area contributed by atoms with Crippen LogP contribution in [-0.2, 0) is 9.59 Å². The van der Waals surface area contributed by atoms with Crippen LogP contribution in [0.15, 0.2) is 24.3 Å². The van der Waals surface area contributed by atoms with Crippen LogP contribution >= 0.6 is 23.4 Å². The molecule has 1 fully saturated rings. The van der Waals surface area contributed by atoms with E-state index in [9.17, 15) is 9.59 Å². The summed E-state index contributed by atoms with van der Waals surface area (Å²) >= 11 is 7.50. The molecule has 0 heterocycles. The van der Waals surface area contributed by atoms with Crippen LogP contribution in [0.4, 0.5) is 0 Å². The number of halogens is 1. The Morgan fingerprint density at radius 2 is 2.05 bits per heavy atom. The van der Waals surface area contributed by atoms with E-state index in [2.05, 4.69) is 0 Å². The minimum atomic E-state index is -0.398. The summed E-state index contributed by atoms with van der Waals surface area (Å²) in [6.45, 7) is 2.00. The predicted octanol–water partition coefficient (Wildman–Crippen LogP) is 2.61. The molecule has 2 rings (SSSR count).